The molecule has 1 fully saturated rings. The zero-order valence-corrected chi connectivity index (χ0v) is 17.2. The predicted octanol–water partition coefficient (Wildman–Crippen LogP) is 2.56. The minimum atomic E-state index is -0.281. The van der Waals surface area contributed by atoms with E-state index in [1.165, 1.54) is 0 Å². The number of fused-ring (bicyclic) bond motifs is 4. The third kappa shape index (κ3) is 2.87. The first kappa shape index (κ1) is 18.7. The molecule has 30 heavy (non-hydrogen) atoms. The number of nitrogens with zero attached hydrogens (tertiary/aromatic N) is 5. The normalized spacial score (nSPS) is 20.0. The minimum absolute atomic E-state index is 0.0183. The van der Waals surface area contributed by atoms with Crippen molar-refractivity contribution >= 4 is 5.91 Å². The topological polar surface area (TPSA) is 82.4 Å². The van der Waals surface area contributed by atoms with Crippen molar-refractivity contribution in [1.29, 1.82) is 0 Å². The van der Waals surface area contributed by atoms with Gasteiger partial charge in [-0.25, -0.2) is 0 Å². The van der Waals surface area contributed by atoms with Crippen molar-refractivity contribution in [1.82, 2.24) is 24.6 Å². The molecular weight excluding hydrogens is 382 g/mol. The van der Waals surface area contributed by atoms with Crippen LogP contribution in [0.25, 0.3) is 11.5 Å². The first-order chi connectivity index (χ1) is 14.6. The zero-order chi connectivity index (χ0) is 20.8. The number of hydrogen-bond donors (Lipinski definition) is 0. The number of ether oxygens (including phenoxy) is 2. The van der Waals surface area contributed by atoms with Crippen LogP contribution in [0.15, 0.2) is 36.5 Å². The lowest BCUT2D eigenvalue weighted by atomic mass is 9.98. The van der Waals surface area contributed by atoms with E-state index in [0.29, 0.717) is 37.0 Å². The molecule has 2 bridgehead atoms. The Hall–Kier alpha value is -3.26. The van der Waals surface area contributed by atoms with E-state index in [4.69, 9.17) is 9.47 Å². The number of aromatic nitrogens is 4. The van der Waals surface area contributed by atoms with E-state index in [-0.39, 0.29) is 18.0 Å². The van der Waals surface area contributed by atoms with Gasteiger partial charge in [-0.2, -0.15) is 0 Å². The summed E-state index contributed by atoms with van der Waals surface area (Å²) < 4.78 is 13.2. The fourth-order valence-electron chi connectivity index (χ4n) is 4.30. The Kier molecular flexibility index (Phi) is 4.51. The Bertz CT molecular complexity index is 1130. The van der Waals surface area contributed by atoms with E-state index in [1.807, 2.05) is 43.0 Å². The number of benzene rings is 1. The molecule has 8 heteroatoms. The van der Waals surface area contributed by atoms with Gasteiger partial charge < -0.3 is 18.9 Å². The molecule has 2 aliphatic rings. The van der Waals surface area contributed by atoms with Crippen LogP contribution in [0.5, 0.6) is 5.75 Å². The van der Waals surface area contributed by atoms with Crippen molar-refractivity contribution in [3.63, 3.8) is 0 Å². The van der Waals surface area contributed by atoms with E-state index in [2.05, 4.69) is 19.7 Å². The molecule has 154 valence electrons. The number of hydrogen-bond acceptors (Lipinski definition) is 6. The molecule has 2 aromatic heterocycles. The standard InChI is InChI=1S/C22H23N5O3/c1-13-5-4-6-17(14(13)2)22(28)27-15-10-26-20(18-9-16(29-3)7-8-23-18)24-25-21(26)19(27)12-30-11-15/h4-9,15,19H,10-12H2,1-3H3/t15-,19-/m1/s1. The van der Waals surface area contributed by atoms with Gasteiger partial charge in [0.2, 0.25) is 0 Å². The van der Waals surface area contributed by atoms with Crippen molar-refractivity contribution in [2.45, 2.75) is 32.5 Å². The van der Waals surface area contributed by atoms with Gasteiger partial charge in [0.05, 0.1) is 26.4 Å². The van der Waals surface area contributed by atoms with Crippen LogP contribution >= 0.6 is 0 Å². The number of carbonyl (C=O) groups excluding carboxylic acids is 1. The molecular formula is C22H23N5O3. The second kappa shape index (κ2) is 7.21. The van der Waals surface area contributed by atoms with Crippen molar-refractivity contribution in [3.05, 3.63) is 59.0 Å². The maximum absolute atomic E-state index is 13.5. The SMILES string of the molecule is COc1ccnc(-c2nnc3n2C[C@@H]2COC[C@H]3N2C(=O)c2cccc(C)c2C)c1. The summed E-state index contributed by atoms with van der Waals surface area (Å²) >= 11 is 0. The minimum Gasteiger partial charge on any atom is -0.497 e. The van der Waals surface area contributed by atoms with Crippen LogP contribution in [-0.4, -0.2) is 56.9 Å². The molecule has 3 aromatic rings. The van der Waals surface area contributed by atoms with Gasteiger partial charge in [0.25, 0.3) is 5.91 Å². The summed E-state index contributed by atoms with van der Waals surface area (Å²) in [6.45, 7) is 5.46. The average Bonchev–Trinajstić information content (AvgIpc) is 3.18. The first-order valence-electron chi connectivity index (χ1n) is 9.98. The lowest BCUT2D eigenvalue weighted by Crippen LogP contribution is -2.56. The molecule has 1 amide bonds. The molecule has 4 heterocycles. The van der Waals surface area contributed by atoms with Gasteiger partial charge >= 0.3 is 0 Å². The van der Waals surface area contributed by atoms with Crippen molar-refractivity contribution < 1.29 is 14.3 Å². The third-order valence-electron chi connectivity index (χ3n) is 6.05. The Morgan fingerprint density at radius 1 is 1.20 bits per heavy atom. The molecule has 5 rings (SSSR count). The van der Waals surface area contributed by atoms with E-state index >= 15 is 0 Å². The first-order valence-corrected chi connectivity index (χ1v) is 9.98. The van der Waals surface area contributed by atoms with E-state index in [9.17, 15) is 4.79 Å². The Morgan fingerprint density at radius 2 is 2.07 bits per heavy atom. The number of aryl methyl sites for hydroxylation is 1. The number of amides is 1. The van der Waals surface area contributed by atoms with Gasteiger partial charge in [-0.15, -0.1) is 10.2 Å². The van der Waals surface area contributed by atoms with E-state index in [0.717, 1.165) is 22.5 Å². The van der Waals surface area contributed by atoms with Crippen LogP contribution in [0.3, 0.4) is 0 Å². The van der Waals surface area contributed by atoms with Crippen molar-refractivity contribution in [3.8, 4) is 17.3 Å². The average molecular weight is 405 g/mol. The summed E-state index contributed by atoms with van der Waals surface area (Å²) in [5.41, 5.74) is 3.54. The van der Waals surface area contributed by atoms with Crippen LogP contribution in [-0.2, 0) is 11.3 Å². The van der Waals surface area contributed by atoms with E-state index < -0.39 is 0 Å². The number of methoxy groups -OCH3 is 1. The Labute approximate surface area is 174 Å². The van der Waals surface area contributed by atoms with Gasteiger partial charge in [-0.3, -0.25) is 9.78 Å². The molecule has 8 nitrogen and oxygen atoms in total. The van der Waals surface area contributed by atoms with Crippen LogP contribution in [0, 0.1) is 13.8 Å². The maximum atomic E-state index is 13.5. The van der Waals surface area contributed by atoms with Crippen LogP contribution in [0.1, 0.15) is 33.4 Å². The summed E-state index contributed by atoms with van der Waals surface area (Å²) in [6.07, 6.45) is 1.69. The number of carbonyl (C=O) groups is 1. The van der Waals surface area contributed by atoms with Crippen molar-refractivity contribution in [2.75, 3.05) is 20.3 Å². The molecule has 2 aliphatic heterocycles. The molecule has 2 atom stereocenters. The highest BCUT2D eigenvalue weighted by Gasteiger charge is 2.44. The highest BCUT2D eigenvalue weighted by atomic mass is 16.5. The molecule has 0 saturated carbocycles. The van der Waals surface area contributed by atoms with Crippen molar-refractivity contribution in [2.24, 2.45) is 0 Å². The molecule has 0 aliphatic carbocycles. The smallest absolute Gasteiger partial charge is 0.255 e. The fraction of sp³-hybridized carbons (Fsp3) is 0.364. The maximum Gasteiger partial charge on any atom is 0.255 e. The number of pyridine rings is 1. The van der Waals surface area contributed by atoms with Crippen LogP contribution in [0.2, 0.25) is 0 Å². The second-order valence-corrected chi connectivity index (χ2v) is 7.74. The quantitative estimate of drug-likeness (QED) is 0.666. The molecule has 0 spiro atoms. The number of rotatable bonds is 3. The summed E-state index contributed by atoms with van der Waals surface area (Å²) in [5.74, 6) is 2.14. The third-order valence-corrected chi connectivity index (χ3v) is 6.05. The molecule has 0 radical (unpaired) electrons. The molecule has 1 saturated heterocycles. The molecule has 1 aromatic carbocycles. The van der Waals surface area contributed by atoms with E-state index in [1.54, 1.807) is 19.4 Å². The summed E-state index contributed by atoms with van der Waals surface area (Å²) in [7, 11) is 1.62. The molecule has 0 N–H and O–H groups in total. The second-order valence-electron chi connectivity index (χ2n) is 7.74. The highest BCUT2D eigenvalue weighted by molar-refractivity contribution is 5.96. The summed E-state index contributed by atoms with van der Waals surface area (Å²) in [5, 5.41) is 8.84. The predicted molar refractivity (Wildman–Crippen MR) is 109 cm³/mol. The highest BCUT2D eigenvalue weighted by Crippen LogP contribution is 2.36. The summed E-state index contributed by atoms with van der Waals surface area (Å²) in [4.78, 5) is 19.9. The lowest BCUT2D eigenvalue weighted by Gasteiger charge is -2.45. The monoisotopic (exact) mass is 405 g/mol. The van der Waals surface area contributed by atoms with Gasteiger partial charge in [0.15, 0.2) is 11.6 Å². The largest absolute Gasteiger partial charge is 0.497 e. The lowest BCUT2D eigenvalue weighted by molar-refractivity contribution is -0.0569. The van der Waals surface area contributed by atoms with Gasteiger partial charge in [-0.05, 0) is 37.1 Å². The van der Waals surface area contributed by atoms with Gasteiger partial charge in [-0.1, -0.05) is 12.1 Å². The Balaban J connectivity index is 1.55. The van der Waals surface area contributed by atoms with Crippen LogP contribution < -0.4 is 4.74 Å². The van der Waals surface area contributed by atoms with Gasteiger partial charge in [0.1, 0.15) is 17.5 Å². The van der Waals surface area contributed by atoms with Crippen LogP contribution in [0.4, 0.5) is 0 Å². The fourth-order valence-corrected chi connectivity index (χ4v) is 4.30. The van der Waals surface area contributed by atoms with Gasteiger partial charge in [0, 0.05) is 24.4 Å². The molecule has 0 unspecified atom stereocenters. The summed E-state index contributed by atoms with van der Waals surface area (Å²) in [6, 6.07) is 9.12. The zero-order valence-electron chi connectivity index (χ0n) is 17.2. The Morgan fingerprint density at radius 3 is 2.90 bits per heavy atom. The number of morpholine rings is 1.